The lowest BCUT2D eigenvalue weighted by molar-refractivity contribution is 0.0941. The van der Waals surface area contributed by atoms with Crippen LogP contribution in [0.3, 0.4) is 0 Å². The van der Waals surface area contributed by atoms with Gasteiger partial charge < -0.3 is 20.3 Å². The number of nitrogens with one attached hydrogen (secondary N) is 1. The van der Waals surface area contributed by atoms with Crippen LogP contribution >= 0.6 is 0 Å². The van der Waals surface area contributed by atoms with Gasteiger partial charge in [-0.1, -0.05) is 56.3 Å². The van der Waals surface area contributed by atoms with Crippen LogP contribution in [0.1, 0.15) is 42.4 Å². The van der Waals surface area contributed by atoms with Crippen LogP contribution in [0.5, 0.6) is 17.4 Å². The van der Waals surface area contributed by atoms with E-state index in [1.807, 2.05) is 55.5 Å². The highest BCUT2D eigenvalue weighted by Crippen LogP contribution is 2.29. The van der Waals surface area contributed by atoms with E-state index >= 15 is 0 Å². The quantitative estimate of drug-likeness (QED) is 0.432. The highest BCUT2D eigenvalue weighted by molar-refractivity contribution is 5.95. The Balaban J connectivity index is 1.79. The lowest BCUT2D eigenvalue weighted by atomic mass is 10.1. The Bertz CT molecular complexity index is 1080. The number of para-hydroxylation sites is 1. The molecule has 174 valence electrons. The lowest BCUT2D eigenvalue weighted by Gasteiger charge is -2.18. The van der Waals surface area contributed by atoms with Gasteiger partial charge >= 0.3 is 0 Å². The highest BCUT2D eigenvalue weighted by Gasteiger charge is 2.20. The van der Waals surface area contributed by atoms with Crippen LogP contribution < -0.4 is 10.1 Å². The fraction of sp³-hybridized carbons (Fsp3) is 0.320. The van der Waals surface area contributed by atoms with Crippen LogP contribution in [0.15, 0.2) is 48.5 Å². The number of nitrogens with zero attached hydrogens (tertiary/aromatic N) is 3. The molecule has 3 rings (SSSR count). The molecule has 1 heterocycles. The van der Waals surface area contributed by atoms with Crippen molar-refractivity contribution in [2.24, 2.45) is 0 Å². The van der Waals surface area contributed by atoms with E-state index in [1.54, 1.807) is 0 Å². The molecule has 0 aliphatic carbocycles. The van der Waals surface area contributed by atoms with Gasteiger partial charge in [-0.2, -0.15) is 4.98 Å². The van der Waals surface area contributed by atoms with Crippen molar-refractivity contribution >= 4 is 5.91 Å². The van der Waals surface area contributed by atoms with Gasteiger partial charge in [0.25, 0.3) is 11.8 Å². The van der Waals surface area contributed by atoms with Crippen LogP contribution in [0, 0.1) is 0 Å². The molecule has 3 aromatic rings. The predicted octanol–water partition coefficient (Wildman–Crippen LogP) is 3.73. The Kier molecular flexibility index (Phi) is 8.21. The molecule has 33 heavy (non-hydrogen) atoms. The molecule has 0 unspecified atom stereocenters. The van der Waals surface area contributed by atoms with E-state index in [2.05, 4.69) is 34.0 Å². The van der Waals surface area contributed by atoms with Crippen molar-refractivity contribution in [1.82, 2.24) is 20.2 Å². The number of aromatic hydroxyl groups is 2. The van der Waals surface area contributed by atoms with Crippen LogP contribution in [0.25, 0.3) is 11.4 Å². The molecule has 0 bridgehead atoms. The first-order valence-electron chi connectivity index (χ1n) is 11.1. The third-order valence-electron chi connectivity index (χ3n) is 5.31. The smallest absolute Gasteiger partial charge is 0.274 e. The summed E-state index contributed by atoms with van der Waals surface area (Å²) in [5.41, 5.74) is 2.26. The predicted molar refractivity (Wildman–Crippen MR) is 126 cm³/mol. The molecule has 1 amide bonds. The molecule has 2 aromatic carbocycles. The molecule has 0 aliphatic rings. The van der Waals surface area contributed by atoms with Crippen LogP contribution in [-0.4, -0.2) is 50.7 Å². The van der Waals surface area contributed by atoms with E-state index in [0.29, 0.717) is 17.9 Å². The molecule has 0 fully saturated rings. The zero-order valence-electron chi connectivity index (χ0n) is 19.2. The van der Waals surface area contributed by atoms with Gasteiger partial charge in [-0.3, -0.25) is 9.69 Å². The summed E-state index contributed by atoms with van der Waals surface area (Å²) in [6.07, 6.45) is 0. The highest BCUT2D eigenvalue weighted by atomic mass is 16.5. The maximum absolute atomic E-state index is 12.8. The van der Waals surface area contributed by atoms with E-state index in [0.717, 1.165) is 30.8 Å². The molecule has 0 atom stereocenters. The van der Waals surface area contributed by atoms with Gasteiger partial charge in [0.2, 0.25) is 5.75 Å². The molecule has 0 aliphatic heterocycles. The number of hydrogen-bond acceptors (Lipinski definition) is 7. The van der Waals surface area contributed by atoms with Gasteiger partial charge in [-0.05, 0) is 31.6 Å². The minimum Gasteiger partial charge on any atom is -0.501 e. The Morgan fingerprint density at radius 3 is 2.36 bits per heavy atom. The monoisotopic (exact) mass is 450 g/mol. The van der Waals surface area contributed by atoms with Crippen LogP contribution in [0.4, 0.5) is 0 Å². The number of ether oxygens (including phenoxy) is 1. The minimum atomic E-state index is -0.660. The molecule has 0 saturated heterocycles. The zero-order valence-corrected chi connectivity index (χ0v) is 19.2. The standard InChI is InChI=1S/C25H30N4O4/c1-4-29(5-2)16-17-11-13-18(14-12-17)23-27-21(22(30)25(32)28-23)24(31)26-15-19-9-7-8-10-20(19)33-6-3/h7-14,30H,4-6,15-16H2,1-3H3,(H,26,31)(H,27,28,32). The first kappa shape index (κ1) is 24.0. The fourth-order valence-electron chi connectivity index (χ4n) is 3.40. The Hall–Kier alpha value is -3.65. The van der Waals surface area contributed by atoms with E-state index < -0.39 is 17.5 Å². The average Bonchev–Trinajstić information content (AvgIpc) is 2.84. The maximum Gasteiger partial charge on any atom is 0.274 e. The number of amides is 1. The summed E-state index contributed by atoms with van der Waals surface area (Å²) in [5, 5.41) is 23.0. The van der Waals surface area contributed by atoms with Gasteiger partial charge in [0.1, 0.15) is 5.75 Å². The largest absolute Gasteiger partial charge is 0.501 e. The molecular weight excluding hydrogens is 420 g/mol. The topological polar surface area (TPSA) is 108 Å². The molecular formula is C25H30N4O4. The van der Waals surface area contributed by atoms with Crippen molar-refractivity contribution in [2.45, 2.75) is 33.9 Å². The molecule has 0 saturated carbocycles. The minimum absolute atomic E-state index is 0.152. The summed E-state index contributed by atoms with van der Waals surface area (Å²) >= 11 is 0. The lowest BCUT2D eigenvalue weighted by Crippen LogP contribution is -2.24. The number of rotatable bonds is 10. The Labute approximate surface area is 193 Å². The van der Waals surface area contributed by atoms with Gasteiger partial charge in [0, 0.05) is 24.2 Å². The third-order valence-corrected chi connectivity index (χ3v) is 5.31. The number of benzene rings is 2. The van der Waals surface area contributed by atoms with E-state index in [9.17, 15) is 15.0 Å². The van der Waals surface area contributed by atoms with Crippen molar-refractivity contribution in [3.05, 3.63) is 65.4 Å². The second kappa shape index (κ2) is 11.3. The fourth-order valence-corrected chi connectivity index (χ4v) is 3.40. The van der Waals surface area contributed by atoms with Gasteiger partial charge in [-0.15, -0.1) is 0 Å². The molecule has 1 aromatic heterocycles. The first-order valence-corrected chi connectivity index (χ1v) is 11.1. The third kappa shape index (κ3) is 5.98. The van der Waals surface area contributed by atoms with Crippen molar-refractivity contribution in [3.63, 3.8) is 0 Å². The normalized spacial score (nSPS) is 10.9. The summed E-state index contributed by atoms with van der Waals surface area (Å²) in [6.45, 7) is 9.54. The van der Waals surface area contributed by atoms with Crippen LogP contribution in [-0.2, 0) is 13.1 Å². The summed E-state index contributed by atoms with van der Waals surface area (Å²) in [7, 11) is 0. The maximum atomic E-state index is 12.8. The number of carbonyl (C=O) groups is 1. The Morgan fingerprint density at radius 2 is 1.70 bits per heavy atom. The molecule has 8 heteroatoms. The Morgan fingerprint density at radius 1 is 1.00 bits per heavy atom. The second-order valence-electron chi connectivity index (χ2n) is 7.45. The van der Waals surface area contributed by atoms with Crippen LogP contribution in [0.2, 0.25) is 0 Å². The summed E-state index contributed by atoms with van der Waals surface area (Å²) < 4.78 is 5.57. The average molecular weight is 451 g/mol. The SMILES string of the molecule is CCOc1ccccc1CNC(=O)c1nc(-c2ccc(CN(CC)CC)cc2)nc(O)c1O. The molecule has 0 spiro atoms. The second-order valence-corrected chi connectivity index (χ2v) is 7.45. The van der Waals surface area contributed by atoms with E-state index in [4.69, 9.17) is 4.74 Å². The van der Waals surface area contributed by atoms with Gasteiger partial charge in [0.15, 0.2) is 11.5 Å². The number of aromatic nitrogens is 2. The van der Waals surface area contributed by atoms with Gasteiger partial charge in [-0.25, -0.2) is 4.98 Å². The molecule has 0 radical (unpaired) electrons. The molecule has 8 nitrogen and oxygen atoms in total. The van der Waals surface area contributed by atoms with Crippen molar-refractivity contribution < 1.29 is 19.7 Å². The molecule has 3 N–H and O–H groups in total. The zero-order chi connectivity index (χ0) is 23.8. The summed E-state index contributed by atoms with van der Waals surface area (Å²) in [6, 6.07) is 15.0. The van der Waals surface area contributed by atoms with Crippen molar-refractivity contribution in [1.29, 1.82) is 0 Å². The summed E-state index contributed by atoms with van der Waals surface area (Å²) in [5.74, 6) is -1.12. The van der Waals surface area contributed by atoms with Gasteiger partial charge in [0.05, 0.1) is 6.61 Å². The first-order chi connectivity index (χ1) is 16.0. The summed E-state index contributed by atoms with van der Waals surface area (Å²) in [4.78, 5) is 23.2. The van der Waals surface area contributed by atoms with E-state index in [-0.39, 0.29) is 18.1 Å². The van der Waals surface area contributed by atoms with Crippen molar-refractivity contribution in [3.8, 4) is 28.8 Å². The number of hydrogen-bond donors (Lipinski definition) is 3. The van der Waals surface area contributed by atoms with E-state index in [1.165, 1.54) is 0 Å². The van der Waals surface area contributed by atoms with Crippen molar-refractivity contribution in [2.75, 3.05) is 19.7 Å². The number of carbonyl (C=O) groups excluding carboxylic acids is 1.